The van der Waals surface area contributed by atoms with Crippen molar-refractivity contribution in [1.29, 1.82) is 0 Å². The molecule has 24 heavy (non-hydrogen) atoms. The van der Waals surface area contributed by atoms with Gasteiger partial charge in [-0.2, -0.15) is 4.68 Å². The van der Waals surface area contributed by atoms with Crippen LogP contribution in [0, 0.1) is 0 Å². The summed E-state index contributed by atoms with van der Waals surface area (Å²) in [5.74, 6) is 0. The number of nitrogens with zero attached hydrogens (tertiary/aromatic N) is 4. The van der Waals surface area contributed by atoms with Crippen LogP contribution in [0.15, 0.2) is 29.4 Å². The number of hydrogen-bond donors (Lipinski definition) is 2. The molecule has 1 saturated heterocycles. The molecule has 2 amide bonds. The van der Waals surface area contributed by atoms with Crippen LogP contribution in [0.25, 0.3) is 5.69 Å². The normalized spacial score (nSPS) is 18.3. The molecule has 8 nitrogen and oxygen atoms in total. The fourth-order valence-electron chi connectivity index (χ4n) is 2.65. The van der Waals surface area contributed by atoms with E-state index >= 15 is 0 Å². The van der Waals surface area contributed by atoms with Crippen molar-refractivity contribution in [2.45, 2.75) is 37.1 Å². The molecule has 0 radical (unpaired) electrons. The number of rotatable bonds is 5. The van der Waals surface area contributed by atoms with Gasteiger partial charge in [-0.1, -0.05) is 17.8 Å². The highest BCUT2D eigenvalue weighted by Gasteiger charge is 2.23. The third kappa shape index (κ3) is 3.85. The summed E-state index contributed by atoms with van der Waals surface area (Å²) in [5.41, 5.74) is 1.46. The van der Waals surface area contributed by atoms with Crippen molar-refractivity contribution >= 4 is 23.5 Å². The average molecular weight is 348 g/mol. The maximum atomic E-state index is 12.2. The lowest BCUT2D eigenvalue weighted by molar-refractivity contribution is 0.0868. The van der Waals surface area contributed by atoms with Crippen molar-refractivity contribution < 1.29 is 9.53 Å². The van der Waals surface area contributed by atoms with Crippen LogP contribution in [0.2, 0.25) is 0 Å². The number of ether oxygens (including phenoxy) is 1. The number of carbonyl (C=O) groups is 1. The summed E-state index contributed by atoms with van der Waals surface area (Å²) in [6.45, 7) is 2.72. The van der Waals surface area contributed by atoms with Gasteiger partial charge in [-0.05, 0) is 54.6 Å². The van der Waals surface area contributed by atoms with E-state index < -0.39 is 0 Å². The zero-order chi connectivity index (χ0) is 16.9. The molecule has 0 bridgehead atoms. The summed E-state index contributed by atoms with van der Waals surface area (Å²) in [6, 6.07) is 7.10. The number of urea groups is 1. The van der Waals surface area contributed by atoms with E-state index in [1.807, 2.05) is 37.4 Å². The first-order valence-corrected chi connectivity index (χ1v) is 9.02. The molecule has 2 N–H and O–H groups in total. The van der Waals surface area contributed by atoms with Crippen LogP contribution in [-0.4, -0.2) is 51.2 Å². The molecule has 1 fully saturated rings. The highest BCUT2D eigenvalue weighted by molar-refractivity contribution is 7.98. The lowest BCUT2D eigenvalue weighted by Crippen LogP contribution is -2.42. The molecule has 3 rings (SSSR count). The van der Waals surface area contributed by atoms with Crippen molar-refractivity contribution in [2.24, 2.45) is 0 Å². The predicted octanol–water partition coefficient (Wildman–Crippen LogP) is 2.07. The largest absolute Gasteiger partial charge is 0.376 e. The first kappa shape index (κ1) is 16.7. The van der Waals surface area contributed by atoms with E-state index in [9.17, 15) is 4.79 Å². The second-order valence-electron chi connectivity index (χ2n) is 5.57. The molecule has 128 valence electrons. The fourth-order valence-corrected chi connectivity index (χ4v) is 3.08. The number of aromatic nitrogens is 4. The number of tetrazole rings is 1. The van der Waals surface area contributed by atoms with E-state index in [0.717, 1.165) is 25.1 Å². The topological polar surface area (TPSA) is 94.0 Å². The molecule has 1 aliphatic rings. The molecule has 0 saturated carbocycles. The van der Waals surface area contributed by atoms with Crippen molar-refractivity contribution in [1.82, 2.24) is 25.5 Å². The summed E-state index contributed by atoms with van der Waals surface area (Å²) in [4.78, 5) is 12.2. The van der Waals surface area contributed by atoms with Crippen LogP contribution in [0.5, 0.6) is 0 Å². The molecular weight excluding hydrogens is 328 g/mol. The molecule has 0 unspecified atom stereocenters. The zero-order valence-corrected chi connectivity index (χ0v) is 14.4. The van der Waals surface area contributed by atoms with Gasteiger partial charge in [-0.3, -0.25) is 0 Å². The number of hydrogen-bond acceptors (Lipinski definition) is 6. The molecule has 1 aromatic heterocycles. The number of thioether (sulfide) groups is 1. The third-order valence-electron chi connectivity index (χ3n) is 3.85. The minimum Gasteiger partial charge on any atom is -0.376 e. The van der Waals surface area contributed by atoms with Crippen LogP contribution < -0.4 is 10.6 Å². The van der Waals surface area contributed by atoms with Gasteiger partial charge in [0.2, 0.25) is 5.16 Å². The molecule has 0 spiro atoms. The van der Waals surface area contributed by atoms with Gasteiger partial charge in [0.1, 0.15) is 0 Å². The molecule has 1 aromatic carbocycles. The Balaban J connectivity index is 1.65. The number of anilines is 1. The SMILES string of the molecule is CSc1nnnn1-c1cccc(NC(=O)N[C@H](C)[C@H]2CCCO2)c1. The van der Waals surface area contributed by atoms with Gasteiger partial charge >= 0.3 is 6.03 Å². The molecule has 2 aromatic rings. The third-order valence-corrected chi connectivity index (χ3v) is 4.47. The number of amides is 2. The minimum atomic E-state index is -0.253. The average Bonchev–Trinajstić information content (AvgIpc) is 3.26. The van der Waals surface area contributed by atoms with Gasteiger partial charge in [0.15, 0.2) is 0 Å². The summed E-state index contributed by atoms with van der Waals surface area (Å²) < 4.78 is 7.22. The Labute approximate surface area is 144 Å². The second kappa shape index (κ2) is 7.63. The molecule has 0 aliphatic carbocycles. The Hall–Kier alpha value is -2.13. The van der Waals surface area contributed by atoms with E-state index in [1.165, 1.54) is 11.8 Å². The van der Waals surface area contributed by atoms with Gasteiger partial charge in [0.25, 0.3) is 0 Å². The second-order valence-corrected chi connectivity index (χ2v) is 6.34. The monoisotopic (exact) mass is 348 g/mol. The van der Waals surface area contributed by atoms with Crippen LogP contribution >= 0.6 is 11.8 Å². The highest BCUT2D eigenvalue weighted by Crippen LogP contribution is 2.19. The molecular formula is C15H20N6O2S. The van der Waals surface area contributed by atoms with Crippen molar-refractivity contribution in [2.75, 3.05) is 18.2 Å². The van der Waals surface area contributed by atoms with Crippen LogP contribution in [0.1, 0.15) is 19.8 Å². The predicted molar refractivity (Wildman–Crippen MR) is 91.5 cm³/mol. The lowest BCUT2D eigenvalue weighted by Gasteiger charge is -2.20. The summed E-state index contributed by atoms with van der Waals surface area (Å²) in [6.07, 6.45) is 4.02. The number of nitrogens with one attached hydrogen (secondary N) is 2. The van der Waals surface area contributed by atoms with Gasteiger partial charge in [-0.25, -0.2) is 4.79 Å². The van der Waals surface area contributed by atoms with E-state index in [-0.39, 0.29) is 18.2 Å². The highest BCUT2D eigenvalue weighted by atomic mass is 32.2. The van der Waals surface area contributed by atoms with Gasteiger partial charge in [-0.15, -0.1) is 5.10 Å². The Morgan fingerprint density at radius 1 is 1.50 bits per heavy atom. The van der Waals surface area contributed by atoms with Crippen LogP contribution in [0.4, 0.5) is 10.5 Å². The van der Waals surface area contributed by atoms with Gasteiger partial charge in [0, 0.05) is 12.3 Å². The molecule has 2 atom stereocenters. The fraction of sp³-hybridized carbons (Fsp3) is 0.467. The van der Waals surface area contributed by atoms with E-state index in [0.29, 0.717) is 10.8 Å². The Morgan fingerprint density at radius 2 is 2.38 bits per heavy atom. The zero-order valence-electron chi connectivity index (χ0n) is 13.6. The maximum Gasteiger partial charge on any atom is 0.319 e. The Bertz CT molecular complexity index is 701. The van der Waals surface area contributed by atoms with Crippen LogP contribution in [0.3, 0.4) is 0 Å². The first-order chi connectivity index (χ1) is 11.7. The van der Waals surface area contributed by atoms with Gasteiger partial charge in [0.05, 0.1) is 17.8 Å². The minimum absolute atomic E-state index is 0.0294. The molecule has 9 heteroatoms. The van der Waals surface area contributed by atoms with Crippen LogP contribution in [-0.2, 0) is 4.74 Å². The number of benzene rings is 1. The summed E-state index contributed by atoms with van der Waals surface area (Å²) >= 11 is 1.45. The van der Waals surface area contributed by atoms with Crippen molar-refractivity contribution in [3.8, 4) is 5.69 Å². The first-order valence-electron chi connectivity index (χ1n) is 7.79. The number of carbonyl (C=O) groups excluding carboxylic acids is 1. The Kier molecular flexibility index (Phi) is 5.31. The van der Waals surface area contributed by atoms with E-state index in [2.05, 4.69) is 26.2 Å². The summed E-state index contributed by atoms with van der Waals surface area (Å²) in [7, 11) is 0. The molecule has 2 heterocycles. The Morgan fingerprint density at radius 3 is 3.12 bits per heavy atom. The maximum absolute atomic E-state index is 12.2. The quantitative estimate of drug-likeness (QED) is 0.804. The van der Waals surface area contributed by atoms with Gasteiger partial charge < -0.3 is 15.4 Å². The smallest absolute Gasteiger partial charge is 0.319 e. The van der Waals surface area contributed by atoms with Crippen molar-refractivity contribution in [3.63, 3.8) is 0 Å². The lowest BCUT2D eigenvalue weighted by atomic mass is 10.1. The van der Waals surface area contributed by atoms with E-state index in [1.54, 1.807) is 4.68 Å². The summed E-state index contributed by atoms with van der Waals surface area (Å²) in [5, 5.41) is 18.0. The molecule has 1 aliphatic heterocycles. The standard InChI is InChI=1S/C15H20N6O2S/c1-10(13-7-4-8-23-13)16-14(22)17-11-5-3-6-12(9-11)21-15(24-2)18-19-20-21/h3,5-6,9-10,13H,4,7-8H2,1-2H3,(H2,16,17,22)/t10-,13-/m1/s1. The van der Waals surface area contributed by atoms with E-state index in [4.69, 9.17) is 4.74 Å². The van der Waals surface area contributed by atoms with Crippen molar-refractivity contribution in [3.05, 3.63) is 24.3 Å².